The molecule has 0 atom stereocenters. The highest BCUT2D eigenvalue weighted by Gasteiger charge is 2.06. The van der Waals surface area contributed by atoms with Gasteiger partial charge in [-0.3, -0.25) is 0 Å². The number of nitrogens with one attached hydrogen (secondary N) is 1. The molecule has 0 fully saturated rings. The van der Waals surface area contributed by atoms with Gasteiger partial charge in [-0.25, -0.2) is 0 Å². The van der Waals surface area contributed by atoms with E-state index >= 15 is 0 Å². The Morgan fingerprint density at radius 1 is 1.00 bits per heavy atom. The van der Waals surface area contributed by atoms with Gasteiger partial charge in [0.05, 0.1) is 10.0 Å². The van der Waals surface area contributed by atoms with Gasteiger partial charge < -0.3 is 10.1 Å². The number of rotatable bonds is 5. The first-order chi connectivity index (χ1) is 9.60. The molecule has 1 N–H and O–H groups in total. The van der Waals surface area contributed by atoms with Crippen LogP contribution in [0.15, 0.2) is 36.4 Å². The Hall–Kier alpha value is -0.930. The normalized spacial score (nSPS) is 10.6. The van der Waals surface area contributed by atoms with E-state index in [1.165, 1.54) is 0 Å². The summed E-state index contributed by atoms with van der Waals surface area (Å²) < 4.78 is 5.83. The zero-order valence-corrected chi connectivity index (χ0v) is 13.2. The molecule has 0 radical (unpaired) electrons. The molecule has 5 heteroatoms. The maximum atomic E-state index is 5.99. The Morgan fingerprint density at radius 3 is 2.50 bits per heavy atom. The van der Waals surface area contributed by atoms with Gasteiger partial charge in [-0.1, -0.05) is 40.9 Å². The summed E-state index contributed by atoms with van der Waals surface area (Å²) in [5, 5.41) is 4.85. The molecular weight excluding hydrogens is 317 g/mol. The molecule has 0 saturated carbocycles. The SMILES string of the molecule is CNCc1cc(Cl)ccc1OCc1ccc(Cl)c(Cl)c1. The Balaban J connectivity index is 2.11. The molecule has 0 aliphatic rings. The molecule has 20 heavy (non-hydrogen) atoms. The van der Waals surface area contributed by atoms with Gasteiger partial charge in [-0.05, 0) is 42.9 Å². The van der Waals surface area contributed by atoms with Crippen molar-refractivity contribution in [3.8, 4) is 5.75 Å². The van der Waals surface area contributed by atoms with E-state index in [-0.39, 0.29) is 0 Å². The Labute approximate surface area is 133 Å². The number of hydrogen-bond acceptors (Lipinski definition) is 2. The smallest absolute Gasteiger partial charge is 0.124 e. The summed E-state index contributed by atoms with van der Waals surface area (Å²) in [5.74, 6) is 0.801. The minimum Gasteiger partial charge on any atom is -0.489 e. The van der Waals surface area contributed by atoms with Crippen molar-refractivity contribution in [3.05, 3.63) is 62.6 Å². The van der Waals surface area contributed by atoms with Gasteiger partial charge in [0.25, 0.3) is 0 Å². The van der Waals surface area contributed by atoms with Crippen LogP contribution in [0.25, 0.3) is 0 Å². The van der Waals surface area contributed by atoms with Crippen LogP contribution in [0.1, 0.15) is 11.1 Å². The number of halogens is 3. The fraction of sp³-hybridized carbons (Fsp3) is 0.200. The van der Waals surface area contributed by atoms with Crippen molar-refractivity contribution in [3.63, 3.8) is 0 Å². The lowest BCUT2D eigenvalue weighted by atomic mass is 10.2. The van der Waals surface area contributed by atoms with E-state index in [0.29, 0.717) is 28.2 Å². The van der Waals surface area contributed by atoms with Crippen LogP contribution in [-0.2, 0) is 13.2 Å². The molecule has 0 spiro atoms. The van der Waals surface area contributed by atoms with Crippen LogP contribution in [-0.4, -0.2) is 7.05 Å². The lowest BCUT2D eigenvalue weighted by Gasteiger charge is -2.12. The van der Waals surface area contributed by atoms with E-state index < -0.39 is 0 Å². The largest absolute Gasteiger partial charge is 0.489 e. The fourth-order valence-electron chi connectivity index (χ4n) is 1.81. The second-order valence-electron chi connectivity index (χ2n) is 4.32. The third-order valence-electron chi connectivity index (χ3n) is 2.77. The predicted molar refractivity (Wildman–Crippen MR) is 85.0 cm³/mol. The summed E-state index contributed by atoms with van der Waals surface area (Å²) in [6.45, 7) is 1.12. The number of ether oxygens (including phenoxy) is 1. The zero-order valence-electron chi connectivity index (χ0n) is 10.9. The maximum Gasteiger partial charge on any atom is 0.124 e. The van der Waals surface area contributed by atoms with Gasteiger partial charge in [0, 0.05) is 17.1 Å². The molecule has 0 bridgehead atoms. The lowest BCUT2D eigenvalue weighted by Crippen LogP contribution is -2.07. The monoisotopic (exact) mass is 329 g/mol. The van der Waals surface area contributed by atoms with Crippen molar-refractivity contribution in [2.24, 2.45) is 0 Å². The Kier molecular flexibility index (Phi) is 5.55. The summed E-state index contributed by atoms with van der Waals surface area (Å²) in [6.07, 6.45) is 0. The quantitative estimate of drug-likeness (QED) is 0.838. The van der Waals surface area contributed by atoms with Gasteiger partial charge in [-0.2, -0.15) is 0 Å². The van der Waals surface area contributed by atoms with Gasteiger partial charge in [-0.15, -0.1) is 0 Å². The molecule has 0 saturated heterocycles. The summed E-state index contributed by atoms with van der Waals surface area (Å²) in [6, 6.07) is 11.0. The third kappa shape index (κ3) is 4.03. The van der Waals surface area contributed by atoms with Crippen LogP contribution in [0.5, 0.6) is 5.75 Å². The maximum absolute atomic E-state index is 5.99. The lowest BCUT2D eigenvalue weighted by molar-refractivity contribution is 0.302. The third-order valence-corrected chi connectivity index (χ3v) is 3.74. The number of benzene rings is 2. The standard InChI is InChI=1S/C15H14Cl3NO/c1-19-8-11-7-12(16)3-5-15(11)20-9-10-2-4-13(17)14(18)6-10/h2-7,19H,8-9H2,1H3. The molecule has 2 nitrogen and oxygen atoms in total. The summed E-state index contributed by atoms with van der Waals surface area (Å²) >= 11 is 17.9. The molecule has 106 valence electrons. The second-order valence-corrected chi connectivity index (χ2v) is 5.57. The van der Waals surface area contributed by atoms with Crippen LogP contribution >= 0.6 is 34.8 Å². The first-order valence-electron chi connectivity index (χ1n) is 6.10. The van der Waals surface area contributed by atoms with Crippen LogP contribution < -0.4 is 10.1 Å². The summed E-state index contributed by atoms with van der Waals surface area (Å²) in [4.78, 5) is 0. The fourth-order valence-corrected chi connectivity index (χ4v) is 2.32. The average Bonchev–Trinajstić information content (AvgIpc) is 2.42. The van der Waals surface area contributed by atoms with Crippen molar-refractivity contribution < 1.29 is 4.74 Å². The van der Waals surface area contributed by atoms with E-state index in [0.717, 1.165) is 16.9 Å². The van der Waals surface area contributed by atoms with Crippen molar-refractivity contribution >= 4 is 34.8 Å². The van der Waals surface area contributed by atoms with Crippen molar-refractivity contribution in [1.29, 1.82) is 0 Å². The Morgan fingerprint density at radius 2 is 1.80 bits per heavy atom. The van der Waals surface area contributed by atoms with Crippen molar-refractivity contribution in [2.75, 3.05) is 7.05 Å². The first-order valence-corrected chi connectivity index (χ1v) is 7.23. The highest BCUT2D eigenvalue weighted by molar-refractivity contribution is 6.42. The topological polar surface area (TPSA) is 21.3 Å². The average molecular weight is 331 g/mol. The second kappa shape index (κ2) is 7.19. The highest BCUT2D eigenvalue weighted by Crippen LogP contribution is 2.26. The van der Waals surface area contributed by atoms with Crippen molar-refractivity contribution in [1.82, 2.24) is 5.32 Å². The van der Waals surface area contributed by atoms with E-state index in [4.69, 9.17) is 39.5 Å². The van der Waals surface area contributed by atoms with Crippen LogP contribution in [0.4, 0.5) is 0 Å². The van der Waals surface area contributed by atoms with Gasteiger partial charge in [0.2, 0.25) is 0 Å². The van der Waals surface area contributed by atoms with Crippen LogP contribution in [0, 0.1) is 0 Å². The molecular formula is C15H14Cl3NO. The predicted octanol–water partition coefficient (Wildman–Crippen LogP) is 4.95. The zero-order chi connectivity index (χ0) is 14.5. The molecule has 0 heterocycles. The minimum absolute atomic E-state index is 0.426. The minimum atomic E-state index is 0.426. The van der Waals surface area contributed by atoms with E-state index in [2.05, 4.69) is 5.32 Å². The van der Waals surface area contributed by atoms with Gasteiger partial charge in [0.1, 0.15) is 12.4 Å². The molecule has 2 rings (SSSR count). The number of hydrogen-bond donors (Lipinski definition) is 1. The first kappa shape index (κ1) is 15.5. The van der Waals surface area contributed by atoms with E-state index in [9.17, 15) is 0 Å². The molecule has 0 aromatic heterocycles. The molecule has 0 aliphatic heterocycles. The summed E-state index contributed by atoms with van der Waals surface area (Å²) in [7, 11) is 1.88. The summed E-state index contributed by atoms with van der Waals surface area (Å²) in [5.41, 5.74) is 1.98. The molecule has 0 aliphatic carbocycles. The van der Waals surface area contributed by atoms with Gasteiger partial charge in [0.15, 0.2) is 0 Å². The molecule has 0 amide bonds. The molecule has 0 unspecified atom stereocenters. The van der Waals surface area contributed by atoms with Crippen LogP contribution in [0.3, 0.4) is 0 Å². The Bertz CT molecular complexity index is 602. The van der Waals surface area contributed by atoms with E-state index in [1.54, 1.807) is 12.1 Å². The molecule has 2 aromatic carbocycles. The van der Waals surface area contributed by atoms with E-state index in [1.807, 2.05) is 31.3 Å². The van der Waals surface area contributed by atoms with Crippen LogP contribution in [0.2, 0.25) is 15.1 Å². The highest BCUT2D eigenvalue weighted by atomic mass is 35.5. The van der Waals surface area contributed by atoms with Gasteiger partial charge >= 0.3 is 0 Å². The van der Waals surface area contributed by atoms with Crippen molar-refractivity contribution in [2.45, 2.75) is 13.2 Å². The molecule has 2 aromatic rings.